The van der Waals surface area contributed by atoms with Crippen molar-refractivity contribution in [3.63, 3.8) is 0 Å². The molecule has 2 aromatic heterocycles. The van der Waals surface area contributed by atoms with Gasteiger partial charge in [-0.3, -0.25) is 14.3 Å². The number of nitrogens with two attached hydrogens (primary N) is 1. The highest BCUT2D eigenvalue weighted by molar-refractivity contribution is 5.72. The van der Waals surface area contributed by atoms with Gasteiger partial charge in [-0.25, -0.2) is 18.1 Å². The van der Waals surface area contributed by atoms with Crippen LogP contribution in [0.5, 0.6) is 0 Å². The van der Waals surface area contributed by atoms with E-state index in [-0.39, 0.29) is 23.7 Å². The molecular weight excluding hydrogens is 392 g/mol. The number of benzene rings is 1. The molecule has 1 aliphatic heterocycles. The number of imidazole rings is 1. The van der Waals surface area contributed by atoms with Gasteiger partial charge in [0.05, 0.1) is 13.2 Å². The molecule has 10 nitrogen and oxygen atoms in total. The summed E-state index contributed by atoms with van der Waals surface area (Å²) in [6.45, 7) is -0.837. The van der Waals surface area contributed by atoms with Gasteiger partial charge in [0.25, 0.3) is 5.56 Å². The number of halogens is 2. The molecule has 0 bridgehead atoms. The molecule has 0 radical (unpaired) electrons. The van der Waals surface area contributed by atoms with Gasteiger partial charge < -0.3 is 20.7 Å². The number of aliphatic hydroxyl groups excluding tert-OH is 2. The minimum atomic E-state index is -1.95. The SMILES string of the molecule is Nc1nc2c(c(=O)[nH]1)n(Cc1ccc(F)cc1)c(=O)n2[C@@H]1O[C@H](CO)[C@@H](F)[C@H]1O. The highest BCUT2D eigenvalue weighted by Gasteiger charge is 2.46. The van der Waals surface area contributed by atoms with Crippen molar-refractivity contribution in [2.45, 2.75) is 31.2 Å². The van der Waals surface area contributed by atoms with Crippen molar-refractivity contribution in [2.24, 2.45) is 0 Å². The average Bonchev–Trinajstić information content (AvgIpc) is 3.11. The molecule has 0 aliphatic carbocycles. The Hall–Kier alpha value is -3.09. The standard InChI is InChI=1S/C17H17F2N5O5/c18-8-3-1-7(2-4-8)5-23-11-13(21-16(20)22-14(11)27)24(17(23)28)15-12(26)10(19)9(6-25)29-15/h1-4,9-10,12,15,25-26H,5-6H2,(H3,20,21,22,27)/t9-,10-,12-,15-/m1/s1. The number of aromatic amines is 1. The number of hydrogen-bond acceptors (Lipinski definition) is 7. The summed E-state index contributed by atoms with van der Waals surface area (Å²) < 4.78 is 34.5. The van der Waals surface area contributed by atoms with Crippen molar-refractivity contribution in [3.8, 4) is 0 Å². The van der Waals surface area contributed by atoms with Crippen molar-refractivity contribution < 1.29 is 23.7 Å². The third kappa shape index (κ3) is 3.10. The number of nitrogens with one attached hydrogen (secondary N) is 1. The first kappa shape index (κ1) is 19.2. The van der Waals surface area contributed by atoms with Gasteiger partial charge in [-0.1, -0.05) is 12.1 Å². The lowest BCUT2D eigenvalue weighted by atomic mass is 10.1. The number of nitrogens with zero attached hydrogens (tertiary/aromatic N) is 3. The summed E-state index contributed by atoms with van der Waals surface area (Å²) in [5, 5.41) is 19.4. The van der Waals surface area contributed by atoms with Gasteiger partial charge in [0, 0.05) is 0 Å². The summed E-state index contributed by atoms with van der Waals surface area (Å²) in [6.07, 6.45) is -6.61. The molecule has 0 unspecified atom stereocenters. The first-order valence-electron chi connectivity index (χ1n) is 8.65. The third-order valence-electron chi connectivity index (χ3n) is 4.81. The fourth-order valence-corrected chi connectivity index (χ4v) is 3.42. The number of nitrogen functional groups attached to an aromatic ring is 1. The maximum absolute atomic E-state index is 14.2. The zero-order valence-electron chi connectivity index (χ0n) is 14.8. The Morgan fingerprint density at radius 1 is 1.28 bits per heavy atom. The number of anilines is 1. The molecule has 3 aromatic rings. The number of hydrogen-bond donors (Lipinski definition) is 4. The van der Waals surface area contributed by atoms with Gasteiger partial charge >= 0.3 is 5.69 Å². The summed E-state index contributed by atoms with van der Waals surface area (Å²) in [4.78, 5) is 31.8. The van der Waals surface area contributed by atoms with Crippen LogP contribution in [0.15, 0.2) is 33.9 Å². The molecule has 0 spiro atoms. The Labute approximate surface area is 160 Å². The van der Waals surface area contributed by atoms with Crippen LogP contribution in [0.25, 0.3) is 11.2 Å². The molecule has 0 amide bonds. The second kappa shape index (κ2) is 7.06. The minimum absolute atomic E-state index is 0.122. The normalized spacial score (nSPS) is 24.4. The maximum Gasteiger partial charge on any atom is 0.333 e. The molecule has 1 saturated heterocycles. The molecule has 154 valence electrons. The van der Waals surface area contributed by atoms with Crippen LogP contribution < -0.4 is 17.0 Å². The number of alkyl halides is 1. The largest absolute Gasteiger partial charge is 0.394 e. The van der Waals surface area contributed by atoms with Gasteiger partial charge in [0.1, 0.15) is 18.0 Å². The van der Waals surface area contributed by atoms with E-state index in [9.17, 15) is 28.6 Å². The summed E-state index contributed by atoms with van der Waals surface area (Å²) in [5.41, 5.74) is 4.16. The molecule has 5 N–H and O–H groups in total. The number of ether oxygens (including phenoxy) is 1. The van der Waals surface area contributed by atoms with Crippen molar-refractivity contribution in [1.29, 1.82) is 0 Å². The van der Waals surface area contributed by atoms with Crippen LogP contribution in [-0.2, 0) is 11.3 Å². The number of H-pyrrole nitrogens is 1. The van der Waals surface area contributed by atoms with Gasteiger partial charge in [0.2, 0.25) is 5.95 Å². The molecule has 4 atom stereocenters. The predicted octanol–water partition coefficient (Wildman–Crippen LogP) is -0.755. The van der Waals surface area contributed by atoms with Crippen molar-refractivity contribution in [3.05, 3.63) is 56.5 Å². The Kier molecular flexibility index (Phi) is 4.68. The quantitative estimate of drug-likeness (QED) is 0.443. The molecule has 0 saturated carbocycles. The molecule has 1 aromatic carbocycles. The van der Waals surface area contributed by atoms with Gasteiger partial charge in [0.15, 0.2) is 23.6 Å². The van der Waals surface area contributed by atoms with Crippen molar-refractivity contribution in [1.82, 2.24) is 19.1 Å². The average molecular weight is 409 g/mol. The first-order valence-corrected chi connectivity index (χ1v) is 8.65. The van der Waals surface area contributed by atoms with Crippen LogP contribution in [0, 0.1) is 5.82 Å². The van der Waals surface area contributed by atoms with E-state index in [1.54, 1.807) is 0 Å². The summed E-state index contributed by atoms with van der Waals surface area (Å²) in [5.74, 6) is -0.763. The number of aromatic nitrogens is 4. The Balaban J connectivity index is 1.92. The Bertz CT molecular complexity index is 1170. The van der Waals surface area contributed by atoms with E-state index >= 15 is 0 Å². The molecule has 29 heavy (non-hydrogen) atoms. The van der Waals surface area contributed by atoms with E-state index in [0.717, 1.165) is 9.13 Å². The van der Waals surface area contributed by atoms with Crippen molar-refractivity contribution >= 4 is 17.1 Å². The van der Waals surface area contributed by atoms with E-state index in [2.05, 4.69) is 9.97 Å². The summed E-state index contributed by atoms with van der Waals surface area (Å²) in [6, 6.07) is 5.27. The zero-order valence-corrected chi connectivity index (χ0v) is 14.8. The molecule has 1 fully saturated rings. The number of aliphatic hydroxyl groups is 2. The third-order valence-corrected chi connectivity index (χ3v) is 4.81. The summed E-state index contributed by atoms with van der Waals surface area (Å²) >= 11 is 0. The molecular formula is C17H17F2N5O5. The maximum atomic E-state index is 14.2. The van der Waals surface area contributed by atoms with E-state index in [0.29, 0.717) is 5.56 Å². The van der Waals surface area contributed by atoms with E-state index in [1.165, 1.54) is 24.3 Å². The Morgan fingerprint density at radius 3 is 2.59 bits per heavy atom. The highest BCUT2D eigenvalue weighted by atomic mass is 19.1. The topological polar surface area (TPSA) is 148 Å². The lowest BCUT2D eigenvalue weighted by Gasteiger charge is -2.15. The second-order valence-corrected chi connectivity index (χ2v) is 6.67. The van der Waals surface area contributed by atoms with E-state index < -0.39 is 48.3 Å². The minimum Gasteiger partial charge on any atom is -0.394 e. The fourth-order valence-electron chi connectivity index (χ4n) is 3.42. The monoisotopic (exact) mass is 409 g/mol. The zero-order chi connectivity index (χ0) is 20.9. The molecule has 4 rings (SSSR count). The van der Waals surface area contributed by atoms with Gasteiger partial charge in [-0.05, 0) is 17.7 Å². The van der Waals surface area contributed by atoms with Crippen LogP contribution in [0.1, 0.15) is 11.8 Å². The van der Waals surface area contributed by atoms with E-state index in [4.69, 9.17) is 10.5 Å². The van der Waals surface area contributed by atoms with Gasteiger partial charge in [-0.15, -0.1) is 0 Å². The highest BCUT2D eigenvalue weighted by Crippen LogP contribution is 2.32. The second-order valence-electron chi connectivity index (χ2n) is 6.67. The number of fused-ring (bicyclic) bond motifs is 1. The molecule has 12 heteroatoms. The lowest BCUT2D eigenvalue weighted by Crippen LogP contribution is -2.34. The Morgan fingerprint density at radius 2 is 1.97 bits per heavy atom. The van der Waals surface area contributed by atoms with Crippen LogP contribution in [0.2, 0.25) is 0 Å². The van der Waals surface area contributed by atoms with Crippen LogP contribution in [-0.4, -0.2) is 54.3 Å². The van der Waals surface area contributed by atoms with Crippen LogP contribution >= 0.6 is 0 Å². The van der Waals surface area contributed by atoms with E-state index in [1.807, 2.05) is 0 Å². The summed E-state index contributed by atoms with van der Waals surface area (Å²) in [7, 11) is 0. The smallest absolute Gasteiger partial charge is 0.333 e. The molecule has 3 heterocycles. The molecule has 1 aliphatic rings. The number of rotatable bonds is 4. The van der Waals surface area contributed by atoms with Crippen molar-refractivity contribution in [2.75, 3.05) is 12.3 Å². The van der Waals surface area contributed by atoms with Crippen LogP contribution in [0.3, 0.4) is 0 Å². The predicted molar refractivity (Wildman–Crippen MR) is 96.4 cm³/mol. The first-order chi connectivity index (χ1) is 13.8. The lowest BCUT2D eigenvalue weighted by molar-refractivity contribution is -0.0513. The van der Waals surface area contributed by atoms with Crippen LogP contribution in [0.4, 0.5) is 14.7 Å². The van der Waals surface area contributed by atoms with Gasteiger partial charge in [-0.2, -0.15) is 4.98 Å². The fraction of sp³-hybridized carbons (Fsp3) is 0.353.